The third-order valence-electron chi connectivity index (χ3n) is 6.24. The van der Waals surface area contributed by atoms with E-state index in [9.17, 15) is 4.79 Å². The Balaban J connectivity index is 1.68. The Morgan fingerprint density at radius 3 is 2.58 bits per heavy atom. The Morgan fingerprint density at radius 1 is 1.08 bits per heavy atom. The van der Waals surface area contributed by atoms with Gasteiger partial charge < -0.3 is 4.74 Å². The predicted molar refractivity (Wildman–Crippen MR) is 102 cm³/mol. The van der Waals surface area contributed by atoms with E-state index in [1.807, 2.05) is 30.3 Å². The normalized spacial score (nSPS) is 24.9. The molecule has 2 aliphatic rings. The summed E-state index contributed by atoms with van der Waals surface area (Å²) < 4.78 is 5.49. The minimum absolute atomic E-state index is 0.195. The molecule has 2 aromatic rings. The van der Waals surface area contributed by atoms with E-state index in [1.165, 1.54) is 5.56 Å². The molecule has 0 heterocycles. The lowest BCUT2D eigenvalue weighted by atomic mass is 9.62. The predicted octanol–water partition coefficient (Wildman–Crippen LogP) is 5.61. The summed E-state index contributed by atoms with van der Waals surface area (Å²) >= 11 is 0. The zero-order valence-electron chi connectivity index (χ0n) is 15.1. The van der Waals surface area contributed by atoms with Crippen molar-refractivity contribution in [2.45, 2.75) is 44.6 Å². The number of aryl methyl sites for hydroxylation is 1. The zero-order chi connectivity index (χ0) is 18.1. The van der Waals surface area contributed by atoms with Crippen molar-refractivity contribution in [3.63, 3.8) is 0 Å². The number of benzene rings is 2. The fourth-order valence-electron chi connectivity index (χ4n) is 4.57. The molecular weight excluding hydrogens is 322 g/mol. The summed E-state index contributed by atoms with van der Waals surface area (Å²) in [6.45, 7) is 7.21. The van der Waals surface area contributed by atoms with Gasteiger partial charge in [0.25, 0.3) is 0 Å². The van der Waals surface area contributed by atoms with Crippen LogP contribution in [0.15, 0.2) is 42.5 Å². The quantitative estimate of drug-likeness (QED) is 0.662. The SMILES string of the molecule is [C-]#[N+]c1cccc(-c2ccc3c(c2)C(=O)C2(CC3)CCC(OC)CC2)c1. The van der Waals surface area contributed by atoms with Gasteiger partial charge in [0.1, 0.15) is 0 Å². The maximum Gasteiger partial charge on any atom is 0.187 e. The molecule has 4 rings (SSSR count). The molecule has 0 N–H and O–H groups in total. The third kappa shape index (κ3) is 2.85. The molecule has 3 nitrogen and oxygen atoms in total. The topological polar surface area (TPSA) is 30.7 Å². The van der Waals surface area contributed by atoms with Gasteiger partial charge in [-0.2, -0.15) is 0 Å². The van der Waals surface area contributed by atoms with Crippen LogP contribution < -0.4 is 0 Å². The number of carbonyl (C=O) groups is 1. The lowest BCUT2D eigenvalue weighted by molar-refractivity contribution is 0.0218. The van der Waals surface area contributed by atoms with Crippen molar-refractivity contribution >= 4 is 11.5 Å². The number of hydrogen-bond donors (Lipinski definition) is 0. The lowest BCUT2D eigenvalue weighted by Crippen LogP contribution is -2.40. The lowest BCUT2D eigenvalue weighted by Gasteiger charge is -2.41. The highest BCUT2D eigenvalue weighted by Gasteiger charge is 2.44. The fourth-order valence-corrected chi connectivity index (χ4v) is 4.57. The summed E-state index contributed by atoms with van der Waals surface area (Å²) in [4.78, 5) is 16.9. The summed E-state index contributed by atoms with van der Waals surface area (Å²) in [5, 5.41) is 0. The molecule has 0 atom stereocenters. The van der Waals surface area contributed by atoms with Gasteiger partial charge in [-0.3, -0.25) is 4.79 Å². The first kappa shape index (κ1) is 17.0. The van der Waals surface area contributed by atoms with Gasteiger partial charge in [0.05, 0.1) is 12.7 Å². The summed E-state index contributed by atoms with van der Waals surface area (Å²) in [7, 11) is 1.77. The van der Waals surface area contributed by atoms with Crippen LogP contribution in [-0.4, -0.2) is 19.0 Å². The molecule has 0 amide bonds. The van der Waals surface area contributed by atoms with Crippen LogP contribution in [0.4, 0.5) is 5.69 Å². The van der Waals surface area contributed by atoms with Gasteiger partial charge in [0.2, 0.25) is 0 Å². The van der Waals surface area contributed by atoms with E-state index in [1.54, 1.807) is 7.11 Å². The molecule has 26 heavy (non-hydrogen) atoms. The van der Waals surface area contributed by atoms with Crippen molar-refractivity contribution in [3.05, 3.63) is 65.0 Å². The number of hydrogen-bond acceptors (Lipinski definition) is 2. The second-order valence-electron chi connectivity index (χ2n) is 7.58. The molecule has 0 unspecified atom stereocenters. The van der Waals surface area contributed by atoms with E-state index >= 15 is 0 Å². The molecule has 0 aromatic heterocycles. The monoisotopic (exact) mass is 345 g/mol. The first-order chi connectivity index (χ1) is 12.6. The molecule has 2 aliphatic carbocycles. The number of rotatable bonds is 2. The fraction of sp³-hybridized carbons (Fsp3) is 0.391. The van der Waals surface area contributed by atoms with Gasteiger partial charge in [0, 0.05) is 18.1 Å². The van der Waals surface area contributed by atoms with E-state index in [0.717, 1.165) is 55.2 Å². The molecular formula is C23H23NO2. The molecule has 1 fully saturated rings. The number of Topliss-reactive ketones (excluding diaryl/α,β-unsaturated/α-hetero) is 1. The summed E-state index contributed by atoms with van der Waals surface area (Å²) in [5.74, 6) is 0.316. The minimum Gasteiger partial charge on any atom is -0.381 e. The van der Waals surface area contributed by atoms with Gasteiger partial charge in [-0.25, -0.2) is 4.85 Å². The molecule has 3 heteroatoms. The molecule has 0 radical (unpaired) electrons. The number of ether oxygens (including phenoxy) is 1. The van der Waals surface area contributed by atoms with E-state index in [-0.39, 0.29) is 5.41 Å². The standard InChI is InChI=1S/C23H23NO2/c1-24-19-5-3-4-17(14-19)18-7-6-16-8-11-23(22(25)21(16)15-18)12-9-20(26-2)10-13-23/h3-7,14-15,20H,8-13H2,2H3. The van der Waals surface area contributed by atoms with E-state index in [4.69, 9.17) is 11.3 Å². The minimum atomic E-state index is -0.195. The van der Waals surface area contributed by atoms with E-state index in [0.29, 0.717) is 17.6 Å². The Morgan fingerprint density at radius 2 is 1.85 bits per heavy atom. The average molecular weight is 345 g/mol. The summed E-state index contributed by atoms with van der Waals surface area (Å²) in [6.07, 6.45) is 6.05. The van der Waals surface area contributed by atoms with Crippen molar-refractivity contribution < 1.29 is 9.53 Å². The van der Waals surface area contributed by atoms with E-state index < -0.39 is 0 Å². The first-order valence-corrected chi connectivity index (χ1v) is 9.34. The number of fused-ring (bicyclic) bond motifs is 1. The van der Waals surface area contributed by atoms with Gasteiger partial charge in [-0.1, -0.05) is 30.3 Å². The van der Waals surface area contributed by atoms with Crippen molar-refractivity contribution in [1.82, 2.24) is 0 Å². The maximum absolute atomic E-state index is 13.4. The summed E-state index contributed by atoms with van der Waals surface area (Å²) in [6, 6.07) is 13.8. The molecule has 132 valence electrons. The Hall–Kier alpha value is -2.44. The van der Waals surface area contributed by atoms with Gasteiger partial charge >= 0.3 is 0 Å². The molecule has 0 aliphatic heterocycles. The molecule has 0 saturated heterocycles. The van der Waals surface area contributed by atoms with Gasteiger partial charge in [-0.05, 0) is 67.3 Å². The summed E-state index contributed by atoms with van der Waals surface area (Å²) in [5.41, 5.74) is 4.50. The van der Waals surface area contributed by atoms with Crippen LogP contribution in [0.2, 0.25) is 0 Å². The number of ketones is 1. The van der Waals surface area contributed by atoms with Crippen LogP contribution in [-0.2, 0) is 11.2 Å². The van der Waals surface area contributed by atoms with Crippen molar-refractivity contribution in [2.75, 3.05) is 7.11 Å². The van der Waals surface area contributed by atoms with Crippen LogP contribution in [0.1, 0.15) is 48.0 Å². The molecule has 0 bridgehead atoms. The zero-order valence-corrected chi connectivity index (χ0v) is 15.1. The number of nitrogens with zero attached hydrogens (tertiary/aromatic N) is 1. The Kier molecular flexibility index (Phi) is 4.38. The highest BCUT2D eigenvalue weighted by molar-refractivity contribution is 6.03. The maximum atomic E-state index is 13.4. The second-order valence-corrected chi connectivity index (χ2v) is 7.58. The number of carbonyl (C=O) groups excluding carboxylic acids is 1. The highest BCUT2D eigenvalue weighted by atomic mass is 16.5. The first-order valence-electron chi connectivity index (χ1n) is 9.34. The Labute approximate surface area is 154 Å². The molecule has 1 spiro atoms. The second kappa shape index (κ2) is 6.70. The average Bonchev–Trinajstić information content (AvgIpc) is 2.71. The smallest absolute Gasteiger partial charge is 0.187 e. The van der Waals surface area contributed by atoms with Crippen LogP contribution in [0, 0.1) is 12.0 Å². The largest absolute Gasteiger partial charge is 0.381 e. The van der Waals surface area contributed by atoms with Crippen LogP contribution in [0.5, 0.6) is 0 Å². The number of methoxy groups -OCH3 is 1. The third-order valence-corrected chi connectivity index (χ3v) is 6.24. The Bertz CT molecular complexity index is 885. The van der Waals surface area contributed by atoms with Gasteiger partial charge in [-0.15, -0.1) is 0 Å². The van der Waals surface area contributed by atoms with E-state index in [2.05, 4.69) is 17.0 Å². The van der Waals surface area contributed by atoms with Crippen LogP contribution >= 0.6 is 0 Å². The van der Waals surface area contributed by atoms with Crippen molar-refractivity contribution in [3.8, 4) is 11.1 Å². The molecule has 2 aromatic carbocycles. The van der Waals surface area contributed by atoms with Crippen molar-refractivity contribution in [1.29, 1.82) is 0 Å². The van der Waals surface area contributed by atoms with Crippen LogP contribution in [0.25, 0.3) is 16.0 Å². The van der Waals surface area contributed by atoms with Gasteiger partial charge in [0.15, 0.2) is 11.5 Å². The van der Waals surface area contributed by atoms with Crippen LogP contribution in [0.3, 0.4) is 0 Å². The molecule has 1 saturated carbocycles. The van der Waals surface area contributed by atoms with Crippen molar-refractivity contribution in [2.24, 2.45) is 5.41 Å². The highest BCUT2D eigenvalue weighted by Crippen LogP contribution is 2.47.